The largest absolute Gasteiger partial charge is 0.396 e. The van der Waals surface area contributed by atoms with Gasteiger partial charge in [-0.25, -0.2) is 9.82 Å². The molecule has 2 N–H and O–H groups in total. The minimum absolute atomic E-state index is 0.221. The van der Waals surface area contributed by atoms with Crippen LogP contribution >= 0.6 is 0 Å². The molecule has 88 valence electrons. The molecule has 0 aromatic carbocycles. The molecule has 1 aliphatic rings. The van der Waals surface area contributed by atoms with Crippen LogP contribution in [0.4, 0.5) is 4.39 Å². The van der Waals surface area contributed by atoms with Crippen LogP contribution in [0.1, 0.15) is 26.7 Å². The van der Waals surface area contributed by atoms with Gasteiger partial charge in [-0.2, -0.15) is 0 Å². The summed E-state index contributed by atoms with van der Waals surface area (Å²) in [6.07, 6.45) is 2.66. The molecule has 0 spiro atoms. The number of nitrogens with one attached hydrogen (secondary N) is 1. The quantitative estimate of drug-likeness (QED) is 0.730. The Kier molecular flexibility index (Phi) is 5.05. The SMILES string of the molecule is C/C(=C\CCC(C)F)N1C[C@H](CO)CN1. The van der Waals surface area contributed by atoms with Gasteiger partial charge in [-0.05, 0) is 26.7 Å². The van der Waals surface area contributed by atoms with Crippen LogP contribution in [0.15, 0.2) is 11.8 Å². The number of hydrogen-bond acceptors (Lipinski definition) is 3. The molecule has 0 aromatic rings. The zero-order chi connectivity index (χ0) is 11.3. The van der Waals surface area contributed by atoms with Gasteiger partial charge < -0.3 is 10.1 Å². The van der Waals surface area contributed by atoms with Crippen molar-refractivity contribution in [3.8, 4) is 0 Å². The number of aliphatic hydroxyl groups is 1. The van der Waals surface area contributed by atoms with Gasteiger partial charge in [0.15, 0.2) is 0 Å². The first kappa shape index (κ1) is 12.5. The molecule has 0 radical (unpaired) electrons. The van der Waals surface area contributed by atoms with Gasteiger partial charge in [0.2, 0.25) is 0 Å². The van der Waals surface area contributed by atoms with Crippen molar-refractivity contribution < 1.29 is 9.50 Å². The van der Waals surface area contributed by atoms with Crippen molar-refractivity contribution in [2.45, 2.75) is 32.9 Å². The highest BCUT2D eigenvalue weighted by molar-refractivity contribution is 4.98. The van der Waals surface area contributed by atoms with Crippen molar-refractivity contribution in [3.63, 3.8) is 0 Å². The normalized spacial score (nSPS) is 24.7. The predicted octanol–water partition coefficient (Wildman–Crippen LogP) is 1.46. The lowest BCUT2D eigenvalue weighted by Crippen LogP contribution is -2.28. The van der Waals surface area contributed by atoms with Crippen LogP contribution in [0, 0.1) is 5.92 Å². The molecule has 1 unspecified atom stereocenters. The molecule has 0 aromatic heterocycles. The smallest absolute Gasteiger partial charge is 0.0976 e. The molecule has 0 aliphatic carbocycles. The standard InChI is InChI=1S/C11H21FN2O/c1-9(12)4-3-5-10(2)14-7-11(8-15)6-13-14/h5,9,11,13,15H,3-4,6-8H2,1-2H3/b10-5+/t9?,11-/m1/s1. The summed E-state index contributed by atoms with van der Waals surface area (Å²) in [7, 11) is 0. The van der Waals surface area contributed by atoms with Gasteiger partial charge in [0.25, 0.3) is 0 Å². The second-order valence-corrected chi connectivity index (χ2v) is 4.23. The molecule has 3 nitrogen and oxygen atoms in total. The molecule has 1 aliphatic heterocycles. The number of hydrogen-bond donors (Lipinski definition) is 2. The second-order valence-electron chi connectivity index (χ2n) is 4.23. The first-order chi connectivity index (χ1) is 7.13. The molecular weight excluding hydrogens is 195 g/mol. The number of hydrazine groups is 1. The van der Waals surface area contributed by atoms with Crippen molar-refractivity contribution in [2.75, 3.05) is 19.7 Å². The van der Waals surface area contributed by atoms with Crippen LogP contribution < -0.4 is 5.43 Å². The van der Waals surface area contributed by atoms with E-state index in [9.17, 15) is 4.39 Å². The zero-order valence-corrected chi connectivity index (χ0v) is 9.54. The summed E-state index contributed by atoms with van der Waals surface area (Å²) < 4.78 is 12.6. The van der Waals surface area contributed by atoms with E-state index in [2.05, 4.69) is 5.43 Å². The van der Waals surface area contributed by atoms with E-state index < -0.39 is 6.17 Å². The van der Waals surface area contributed by atoms with Crippen LogP contribution in [-0.2, 0) is 0 Å². The summed E-state index contributed by atoms with van der Waals surface area (Å²) in [6, 6.07) is 0. The van der Waals surface area contributed by atoms with Crippen LogP contribution in [0.2, 0.25) is 0 Å². The number of allylic oxidation sites excluding steroid dienone is 2. The number of rotatable bonds is 5. The second kappa shape index (κ2) is 6.08. The van der Waals surface area contributed by atoms with E-state index in [1.54, 1.807) is 6.92 Å². The maximum atomic E-state index is 12.6. The first-order valence-corrected chi connectivity index (χ1v) is 5.56. The predicted molar refractivity (Wildman–Crippen MR) is 58.8 cm³/mol. The lowest BCUT2D eigenvalue weighted by atomic mass is 10.2. The summed E-state index contributed by atoms with van der Waals surface area (Å²) in [5.41, 5.74) is 4.32. The van der Waals surface area contributed by atoms with Crippen molar-refractivity contribution in [2.24, 2.45) is 5.92 Å². The Morgan fingerprint density at radius 1 is 1.73 bits per heavy atom. The third-order valence-corrected chi connectivity index (χ3v) is 2.70. The van der Waals surface area contributed by atoms with Gasteiger partial charge in [-0.3, -0.25) is 0 Å². The first-order valence-electron chi connectivity index (χ1n) is 5.56. The van der Waals surface area contributed by atoms with E-state index in [-0.39, 0.29) is 6.61 Å². The summed E-state index contributed by atoms with van der Waals surface area (Å²) >= 11 is 0. The van der Waals surface area contributed by atoms with Gasteiger partial charge in [0.1, 0.15) is 0 Å². The third-order valence-electron chi connectivity index (χ3n) is 2.70. The highest BCUT2D eigenvalue weighted by atomic mass is 19.1. The Morgan fingerprint density at radius 2 is 2.47 bits per heavy atom. The average molecular weight is 216 g/mol. The van der Waals surface area contributed by atoms with Gasteiger partial charge in [0.05, 0.1) is 6.17 Å². The fourth-order valence-electron chi connectivity index (χ4n) is 1.65. The van der Waals surface area contributed by atoms with Crippen LogP contribution in [0.3, 0.4) is 0 Å². The Hall–Kier alpha value is -0.610. The summed E-state index contributed by atoms with van der Waals surface area (Å²) in [5, 5.41) is 11.0. The molecule has 0 saturated carbocycles. The maximum Gasteiger partial charge on any atom is 0.0976 e. The molecule has 1 fully saturated rings. The zero-order valence-electron chi connectivity index (χ0n) is 9.54. The molecule has 2 atom stereocenters. The number of nitrogens with zero attached hydrogens (tertiary/aromatic N) is 1. The fourth-order valence-corrected chi connectivity index (χ4v) is 1.65. The molecule has 0 amide bonds. The van der Waals surface area contributed by atoms with Crippen molar-refractivity contribution in [1.29, 1.82) is 0 Å². The molecule has 1 heterocycles. The molecule has 15 heavy (non-hydrogen) atoms. The van der Waals surface area contributed by atoms with E-state index in [0.29, 0.717) is 12.3 Å². The lowest BCUT2D eigenvalue weighted by Gasteiger charge is -2.18. The Labute approximate surface area is 90.9 Å². The van der Waals surface area contributed by atoms with Gasteiger partial charge in [0, 0.05) is 31.3 Å². The van der Waals surface area contributed by atoms with E-state index >= 15 is 0 Å². The molecular formula is C11H21FN2O. The summed E-state index contributed by atoms with van der Waals surface area (Å²) in [6.45, 7) is 5.47. The Bertz CT molecular complexity index is 219. The topological polar surface area (TPSA) is 35.5 Å². The number of alkyl halides is 1. The molecule has 1 saturated heterocycles. The highest BCUT2D eigenvalue weighted by Gasteiger charge is 2.20. The highest BCUT2D eigenvalue weighted by Crippen LogP contribution is 2.13. The van der Waals surface area contributed by atoms with Crippen LogP contribution in [-0.4, -0.2) is 36.0 Å². The van der Waals surface area contributed by atoms with Crippen molar-refractivity contribution >= 4 is 0 Å². The van der Waals surface area contributed by atoms with Gasteiger partial charge in [-0.1, -0.05) is 6.08 Å². The summed E-state index contributed by atoms with van der Waals surface area (Å²) in [5.74, 6) is 0.313. The summed E-state index contributed by atoms with van der Waals surface area (Å²) in [4.78, 5) is 0. The maximum absolute atomic E-state index is 12.6. The Morgan fingerprint density at radius 3 is 3.00 bits per heavy atom. The molecule has 4 heteroatoms. The minimum Gasteiger partial charge on any atom is -0.396 e. The van der Waals surface area contributed by atoms with Gasteiger partial charge >= 0.3 is 0 Å². The third kappa shape index (κ3) is 4.18. The van der Waals surface area contributed by atoms with Crippen molar-refractivity contribution in [3.05, 3.63) is 11.8 Å². The average Bonchev–Trinajstić information content (AvgIpc) is 2.65. The number of aliphatic hydroxyl groups excluding tert-OH is 1. The van der Waals surface area contributed by atoms with Crippen LogP contribution in [0.5, 0.6) is 0 Å². The minimum atomic E-state index is -0.731. The monoisotopic (exact) mass is 216 g/mol. The van der Waals surface area contributed by atoms with Gasteiger partial charge in [-0.15, -0.1) is 0 Å². The fraction of sp³-hybridized carbons (Fsp3) is 0.818. The van der Waals surface area contributed by atoms with Crippen LogP contribution in [0.25, 0.3) is 0 Å². The number of halogens is 1. The van der Waals surface area contributed by atoms with E-state index in [4.69, 9.17) is 5.11 Å². The Balaban J connectivity index is 2.30. The molecule has 1 rings (SSSR count). The van der Waals surface area contributed by atoms with E-state index in [0.717, 1.165) is 25.2 Å². The molecule has 0 bridgehead atoms. The van der Waals surface area contributed by atoms with E-state index in [1.807, 2.05) is 18.0 Å². The van der Waals surface area contributed by atoms with Crippen molar-refractivity contribution in [1.82, 2.24) is 10.4 Å². The van der Waals surface area contributed by atoms with E-state index in [1.165, 1.54) is 0 Å². The lowest BCUT2D eigenvalue weighted by molar-refractivity contribution is 0.232.